The number of halogens is 1. The summed E-state index contributed by atoms with van der Waals surface area (Å²) in [5.74, 6) is -2.19. The van der Waals surface area contributed by atoms with E-state index in [0.29, 0.717) is 5.13 Å². The molecule has 0 saturated heterocycles. The third-order valence-electron chi connectivity index (χ3n) is 2.86. The van der Waals surface area contributed by atoms with Crippen LogP contribution in [0.2, 0.25) is 0 Å². The highest BCUT2D eigenvalue weighted by atomic mass is 32.2. The first-order chi connectivity index (χ1) is 10.7. The minimum atomic E-state index is -3.78. The van der Waals surface area contributed by atoms with Crippen molar-refractivity contribution in [2.45, 2.75) is 13.8 Å². The molecule has 0 aliphatic heterocycles. The molecule has 1 unspecified atom stereocenters. The fourth-order valence-corrected chi connectivity index (χ4v) is 3.89. The van der Waals surface area contributed by atoms with E-state index in [4.69, 9.17) is 0 Å². The SMILES string of the molecule is Cc1csc(NC(=O)C(C)CS(=O)(=O)Nc2cccc(F)c2)n1. The predicted octanol–water partition coefficient (Wildman–Crippen LogP) is 2.61. The number of rotatable bonds is 6. The summed E-state index contributed by atoms with van der Waals surface area (Å²) < 4.78 is 39.4. The first-order valence-corrected chi connectivity index (χ1v) is 9.27. The minimum absolute atomic E-state index is 0.119. The Morgan fingerprint density at radius 3 is 2.78 bits per heavy atom. The highest BCUT2D eigenvalue weighted by Gasteiger charge is 2.22. The Labute approximate surface area is 137 Å². The van der Waals surface area contributed by atoms with Gasteiger partial charge < -0.3 is 5.32 Å². The maximum atomic E-state index is 13.1. The van der Waals surface area contributed by atoms with Gasteiger partial charge in [-0.25, -0.2) is 17.8 Å². The molecular formula is C14H16FN3O3S2. The molecule has 1 aromatic carbocycles. The molecule has 1 heterocycles. The van der Waals surface area contributed by atoms with Crippen LogP contribution in [0.1, 0.15) is 12.6 Å². The van der Waals surface area contributed by atoms with E-state index in [2.05, 4.69) is 15.0 Å². The highest BCUT2D eigenvalue weighted by molar-refractivity contribution is 7.92. The van der Waals surface area contributed by atoms with E-state index in [1.807, 2.05) is 0 Å². The quantitative estimate of drug-likeness (QED) is 0.832. The molecule has 0 fully saturated rings. The van der Waals surface area contributed by atoms with Gasteiger partial charge in [0.15, 0.2) is 5.13 Å². The van der Waals surface area contributed by atoms with E-state index in [9.17, 15) is 17.6 Å². The molecule has 0 aliphatic carbocycles. The number of thiazole rings is 1. The van der Waals surface area contributed by atoms with Gasteiger partial charge in [0.1, 0.15) is 5.82 Å². The average Bonchev–Trinajstić information content (AvgIpc) is 2.82. The lowest BCUT2D eigenvalue weighted by atomic mass is 10.2. The second kappa shape index (κ2) is 7.05. The van der Waals surface area contributed by atoms with Gasteiger partial charge in [0, 0.05) is 5.38 Å². The molecule has 0 radical (unpaired) electrons. The summed E-state index contributed by atoms with van der Waals surface area (Å²) in [7, 11) is -3.78. The molecule has 2 aromatic rings. The van der Waals surface area contributed by atoms with Gasteiger partial charge in [-0.3, -0.25) is 9.52 Å². The summed E-state index contributed by atoms with van der Waals surface area (Å²) in [5.41, 5.74) is 0.895. The molecule has 0 bridgehead atoms. The van der Waals surface area contributed by atoms with Gasteiger partial charge >= 0.3 is 0 Å². The van der Waals surface area contributed by atoms with Gasteiger partial charge in [-0.1, -0.05) is 13.0 Å². The van der Waals surface area contributed by atoms with E-state index in [1.165, 1.54) is 36.5 Å². The number of carbonyl (C=O) groups is 1. The van der Waals surface area contributed by atoms with Crippen LogP contribution in [-0.4, -0.2) is 25.1 Å². The van der Waals surface area contributed by atoms with Crippen molar-refractivity contribution < 1.29 is 17.6 Å². The standard InChI is InChI=1S/C14H16FN3O3S2/c1-9(13(19)17-14-16-10(2)7-22-14)8-23(20,21)18-12-5-3-4-11(15)6-12/h3-7,9,18H,8H2,1-2H3,(H,16,17,19). The number of nitrogens with one attached hydrogen (secondary N) is 2. The number of hydrogen-bond donors (Lipinski definition) is 2. The van der Waals surface area contributed by atoms with Crippen LogP contribution in [-0.2, 0) is 14.8 Å². The maximum absolute atomic E-state index is 13.1. The lowest BCUT2D eigenvalue weighted by Gasteiger charge is -2.13. The summed E-state index contributed by atoms with van der Waals surface area (Å²) >= 11 is 1.27. The van der Waals surface area contributed by atoms with E-state index in [-0.39, 0.29) is 5.69 Å². The number of benzene rings is 1. The monoisotopic (exact) mass is 357 g/mol. The number of aromatic nitrogens is 1. The number of nitrogens with zero attached hydrogens (tertiary/aromatic N) is 1. The van der Waals surface area contributed by atoms with Crippen LogP contribution in [0.3, 0.4) is 0 Å². The summed E-state index contributed by atoms with van der Waals surface area (Å²) in [6.07, 6.45) is 0. The fourth-order valence-electron chi connectivity index (χ4n) is 1.82. The third-order valence-corrected chi connectivity index (χ3v) is 5.23. The molecule has 2 N–H and O–H groups in total. The summed E-state index contributed by atoms with van der Waals surface area (Å²) in [6.45, 7) is 3.30. The first kappa shape index (κ1) is 17.4. The molecule has 1 atom stereocenters. The van der Waals surface area contributed by atoms with Crippen molar-refractivity contribution in [1.29, 1.82) is 0 Å². The molecule has 23 heavy (non-hydrogen) atoms. The van der Waals surface area contributed by atoms with Crippen LogP contribution < -0.4 is 10.0 Å². The van der Waals surface area contributed by atoms with Gasteiger partial charge in [-0.15, -0.1) is 11.3 Å². The average molecular weight is 357 g/mol. The first-order valence-electron chi connectivity index (χ1n) is 6.74. The van der Waals surface area contributed by atoms with Gasteiger partial charge in [0.25, 0.3) is 0 Å². The lowest BCUT2D eigenvalue weighted by Crippen LogP contribution is -2.29. The van der Waals surface area contributed by atoms with E-state index >= 15 is 0 Å². The second-order valence-corrected chi connectivity index (χ2v) is 7.70. The fraction of sp³-hybridized carbons (Fsp3) is 0.286. The molecule has 124 valence electrons. The number of hydrogen-bond acceptors (Lipinski definition) is 5. The smallest absolute Gasteiger partial charge is 0.233 e. The number of aryl methyl sites for hydroxylation is 1. The molecule has 0 spiro atoms. The molecule has 2 rings (SSSR count). The normalized spacial score (nSPS) is 12.7. The van der Waals surface area contributed by atoms with Gasteiger partial charge in [0.2, 0.25) is 15.9 Å². The number of carbonyl (C=O) groups excluding carboxylic acids is 1. The largest absolute Gasteiger partial charge is 0.302 e. The predicted molar refractivity (Wildman–Crippen MR) is 88.5 cm³/mol. The van der Waals surface area contributed by atoms with Crippen LogP contribution in [0.4, 0.5) is 15.2 Å². The van der Waals surface area contributed by atoms with Crippen LogP contribution in [0.15, 0.2) is 29.6 Å². The van der Waals surface area contributed by atoms with Crippen LogP contribution in [0.25, 0.3) is 0 Å². The Balaban J connectivity index is 1.97. The van der Waals surface area contributed by atoms with Gasteiger partial charge in [-0.2, -0.15) is 0 Å². The van der Waals surface area contributed by atoms with E-state index < -0.39 is 33.4 Å². The Morgan fingerprint density at radius 2 is 2.17 bits per heavy atom. The Hall–Kier alpha value is -2.00. The Bertz CT molecular complexity index is 805. The van der Waals surface area contributed by atoms with Crippen molar-refractivity contribution in [3.05, 3.63) is 41.2 Å². The van der Waals surface area contributed by atoms with Crippen molar-refractivity contribution in [2.24, 2.45) is 5.92 Å². The molecular weight excluding hydrogens is 341 g/mol. The van der Waals surface area contributed by atoms with Crippen molar-refractivity contribution >= 4 is 38.1 Å². The number of anilines is 2. The molecule has 0 saturated carbocycles. The van der Waals surface area contributed by atoms with Crippen LogP contribution in [0, 0.1) is 18.7 Å². The Kier molecular flexibility index (Phi) is 5.32. The topological polar surface area (TPSA) is 88.2 Å². The zero-order chi connectivity index (χ0) is 17.0. The number of sulfonamides is 1. The van der Waals surface area contributed by atoms with Crippen molar-refractivity contribution in [3.8, 4) is 0 Å². The van der Waals surface area contributed by atoms with Gasteiger partial charge in [0.05, 0.1) is 23.1 Å². The summed E-state index contributed by atoms with van der Waals surface area (Å²) in [4.78, 5) is 16.1. The Morgan fingerprint density at radius 1 is 1.43 bits per heavy atom. The van der Waals surface area contributed by atoms with E-state index in [0.717, 1.165) is 11.8 Å². The minimum Gasteiger partial charge on any atom is -0.302 e. The molecule has 9 heteroatoms. The molecule has 1 aromatic heterocycles. The molecule has 6 nitrogen and oxygen atoms in total. The highest BCUT2D eigenvalue weighted by Crippen LogP contribution is 2.17. The van der Waals surface area contributed by atoms with Crippen molar-refractivity contribution in [3.63, 3.8) is 0 Å². The maximum Gasteiger partial charge on any atom is 0.233 e. The zero-order valence-electron chi connectivity index (χ0n) is 12.5. The number of amides is 1. The van der Waals surface area contributed by atoms with Gasteiger partial charge in [-0.05, 0) is 25.1 Å². The van der Waals surface area contributed by atoms with Crippen molar-refractivity contribution in [1.82, 2.24) is 4.98 Å². The molecule has 1 amide bonds. The van der Waals surface area contributed by atoms with Crippen LogP contribution in [0.5, 0.6) is 0 Å². The van der Waals surface area contributed by atoms with Crippen molar-refractivity contribution in [2.75, 3.05) is 15.8 Å². The lowest BCUT2D eigenvalue weighted by molar-refractivity contribution is -0.118. The summed E-state index contributed by atoms with van der Waals surface area (Å²) in [5, 5.41) is 4.78. The van der Waals surface area contributed by atoms with Crippen LogP contribution >= 0.6 is 11.3 Å². The van der Waals surface area contributed by atoms with E-state index in [1.54, 1.807) is 12.3 Å². The summed E-state index contributed by atoms with van der Waals surface area (Å²) in [6, 6.07) is 5.11. The zero-order valence-corrected chi connectivity index (χ0v) is 14.2. The third kappa shape index (κ3) is 5.29. The second-order valence-electron chi connectivity index (χ2n) is 5.08. The molecule has 0 aliphatic rings.